The van der Waals surface area contributed by atoms with Gasteiger partial charge in [-0.3, -0.25) is 4.79 Å². The Kier molecular flexibility index (Phi) is 5.04. The number of aliphatic hydroxyl groups excluding tert-OH is 1. The molecule has 2 atom stereocenters. The first-order valence-electron chi connectivity index (χ1n) is 7.66. The molecule has 1 aliphatic heterocycles. The van der Waals surface area contributed by atoms with Gasteiger partial charge < -0.3 is 10.0 Å². The van der Waals surface area contributed by atoms with E-state index in [0.717, 1.165) is 23.5 Å². The van der Waals surface area contributed by atoms with Crippen LogP contribution in [0, 0.1) is 5.92 Å². The number of rotatable bonds is 3. The van der Waals surface area contributed by atoms with Crippen LogP contribution >= 0.6 is 11.3 Å². The summed E-state index contributed by atoms with van der Waals surface area (Å²) in [4.78, 5) is 19.0. The van der Waals surface area contributed by atoms with E-state index in [1.54, 1.807) is 11.3 Å². The van der Waals surface area contributed by atoms with Crippen molar-refractivity contribution in [2.45, 2.75) is 58.4 Å². The van der Waals surface area contributed by atoms with Gasteiger partial charge in [-0.2, -0.15) is 0 Å². The van der Waals surface area contributed by atoms with Crippen LogP contribution < -0.4 is 0 Å². The number of carbonyl (C=O) groups is 1. The van der Waals surface area contributed by atoms with E-state index >= 15 is 0 Å². The van der Waals surface area contributed by atoms with Crippen LogP contribution in [0.2, 0.25) is 0 Å². The van der Waals surface area contributed by atoms with Crippen molar-refractivity contribution in [2.24, 2.45) is 5.92 Å². The van der Waals surface area contributed by atoms with Crippen molar-refractivity contribution in [3.63, 3.8) is 0 Å². The van der Waals surface area contributed by atoms with Gasteiger partial charge in [0.15, 0.2) is 0 Å². The first-order valence-corrected chi connectivity index (χ1v) is 8.54. The highest BCUT2D eigenvalue weighted by molar-refractivity contribution is 7.09. The zero-order chi connectivity index (χ0) is 15.6. The number of aromatic nitrogens is 1. The minimum atomic E-state index is 0.0341. The molecule has 2 rings (SSSR count). The molecule has 1 amide bonds. The summed E-state index contributed by atoms with van der Waals surface area (Å²) in [6, 6.07) is 0.265. The smallest absolute Gasteiger partial charge is 0.228 e. The summed E-state index contributed by atoms with van der Waals surface area (Å²) in [6.07, 6.45) is 2.35. The van der Waals surface area contributed by atoms with Crippen LogP contribution in [0.3, 0.4) is 0 Å². The normalized spacial score (nSPS) is 23.4. The number of piperidine rings is 1. The highest BCUT2D eigenvalue weighted by Crippen LogP contribution is 2.27. The fourth-order valence-corrected chi connectivity index (χ4v) is 3.58. The van der Waals surface area contributed by atoms with Crippen LogP contribution in [-0.2, 0) is 16.6 Å². The number of thiazole rings is 1. The SMILES string of the molecule is CC1CCC(CO)CN1C(=O)Cc1csc(C(C)(C)C)n1. The van der Waals surface area contributed by atoms with Crippen molar-refractivity contribution >= 4 is 17.2 Å². The molecule has 1 N–H and O–H groups in total. The predicted molar refractivity (Wildman–Crippen MR) is 85.5 cm³/mol. The van der Waals surface area contributed by atoms with Gasteiger partial charge in [0.2, 0.25) is 5.91 Å². The summed E-state index contributed by atoms with van der Waals surface area (Å²) in [5.41, 5.74) is 0.903. The predicted octanol–water partition coefficient (Wildman–Crippen LogP) is 2.60. The molecule has 0 aliphatic carbocycles. The second kappa shape index (κ2) is 6.44. The number of hydrogen-bond acceptors (Lipinski definition) is 4. The summed E-state index contributed by atoms with van der Waals surface area (Å²) < 4.78 is 0. The van der Waals surface area contributed by atoms with E-state index in [9.17, 15) is 9.90 Å². The molecule has 0 bridgehead atoms. The van der Waals surface area contributed by atoms with Crippen LogP contribution in [0.4, 0.5) is 0 Å². The number of nitrogens with zero attached hydrogens (tertiary/aromatic N) is 2. The lowest BCUT2D eigenvalue weighted by molar-refractivity contribution is -0.135. The molecule has 1 fully saturated rings. The summed E-state index contributed by atoms with van der Waals surface area (Å²) in [5, 5.41) is 12.4. The lowest BCUT2D eigenvalue weighted by Gasteiger charge is -2.37. The number of likely N-dealkylation sites (tertiary alicyclic amines) is 1. The van der Waals surface area contributed by atoms with Gasteiger partial charge in [0, 0.05) is 30.0 Å². The third-order valence-electron chi connectivity index (χ3n) is 4.08. The zero-order valence-electron chi connectivity index (χ0n) is 13.4. The van der Waals surface area contributed by atoms with Gasteiger partial charge in [-0.15, -0.1) is 11.3 Å². The van der Waals surface area contributed by atoms with Gasteiger partial charge in [0.25, 0.3) is 0 Å². The quantitative estimate of drug-likeness (QED) is 0.933. The number of carbonyl (C=O) groups excluding carboxylic acids is 1. The lowest BCUT2D eigenvalue weighted by atomic mass is 9.94. The van der Waals surface area contributed by atoms with E-state index < -0.39 is 0 Å². The molecule has 0 radical (unpaired) electrons. The Balaban J connectivity index is 2.02. The average Bonchev–Trinajstić information content (AvgIpc) is 2.87. The third-order valence-corrected chi connectivity index (χ3v) is 5.40. The fraction of sp³-hybridized carbons (Fsp3) is 0.750. The first-order chi connectivity index (χ1) is 9.81. The largest absolute Gasteiger partial charge is 0.396 e. The van der Waals surface area contributed by atoms with Crippen molar-refractivity contribution in [1.29, 1.82) is 0 Å². The maximum Gasteiger partial charge on any atom is 0.228 e. The summed E-state index contributed by atoms with van der Waals surface area (Å²) in [5.74, 6) is 0.358. The molecule has 118 valence electrons. The van der Waals surface area contributed by atoms with Gasteiger partial charge in [-0.1, -0.05) is 20.8 Å². The molecule has 0 saturated carbocycles. The minimum absolute atomic E-state index is 0.0341. The second-order valence-corrected chi connectivity index (χ2v) is 7.95. The fourth-order valence-electron chi connectivity index (χ4n) is 2.67. The second-order valence-electron chi connectivity index (χ2n) is 7.09. The van der Waals surface area contributed by atoms with Crippen molar-refractivity contribution in [3.05, 3.63) is 16.1 Å². The van der Waals surface area contributed by atoms with Crippen LogP contribution in [0.15, 0.2) is 5.38 Å². The number of amides is 1. The lowest BCUT2D eigenvalue weighted by Crippen LogP contribution is -2.47. The van der Waals surface area contributed by atoms with Crippen molar-refractivity contribution in [2.75, 3.05) is 13.2 Å². The molecule has 1 saturated heterocycles. The van der Waals surface area contributed by atoms with Gasteiger partial charge in [-0.05, 0) is 25.7 Å². The van der Waals surface area contributed by atoms with Crippen molar-refractivity contribution in [1.82, 2.24) is 9.88 Å². The van der Waals surface area contributed by atoms with E-state index in [1.807, 2.05) is 10.3 Å². The Hall–Kier alpha value is -0.940. The Bertz CT molecular complexity index is 493. The standard InChI is InChI=1S/C16H26N2O2S/c1-11-5-6-12(9-19)8-18(11)14(20)7-13-10-21-15(17-13)16(2,3)4/h10-12,19H,5-9H2,1-4H3. The monoisotopic (exact) mass is 310 g/mol. The number of hydrogen-bond donors (Lipinski definition) is 1. The van der Waals surface area contributed by atoms with Crippen LogP contribution in [0.1, 0.15) is 51.2 Å². The topological polar surface area (TPSA) is 53.4 Å². The number of aliphatic hydroxyl groups is 1. The summed E-state index contributed by atoms with van der Waals surface area (Å²) in [7, 11) is 0. The van der Waals surface area contributed by atoms with E-state index in [0.29, 0.717) is 13.0 Å². The maximum atomic E-state index is 12.5. The van der Waals surface area contributed by atoms with Gasteiger partial charge >= 0.3 is 0 Å². The minimum Gasteiger partial charge on any atom is -0.396 e. The Morgan fingerprint density at radius 1 is 1.48 bits per heavy atom. The highest BCUT2D eigenvalue weighted by Gasteiger charge is 2.29. The molecule has 0 spiro atoms. The molecule has 1 aliphatic rings. The molecular weight excluding hydrogens is 284 g/mol. The average molecular weight is 310 g/mol. The Morgan fingerprint density at radius 2 is 2.19 bits per heavy atom. The molecule has 2 unspecified atom stereocenters. The Labute approximate surface area is 131 Å². The molecule has 21 heavy (non-hydrogen) atoms. The molecule has 2 heterocycles. The maximum absolute atomic E-state index is 12.5. The van der Waals surface area contributed by atoms with Crippen LogP contribution in [-0.4, -0.2) is 40.1 Å². The molecule has 1 aromatic rings. The molecular formula is C16H26N2O2S. The summed E-state index contributed by atoms with van der Waals surface area (Å²) >= 11 is 1.63. The van der Waals surface area contributed by atoms with Gasteiger partial charge in [0.05, 0.1) is 17.1 Å². The van der Waals surface area contributed by atoms with Crippen molar-refractivity contribution in [3.8, 4) is 0 Å². The van der Waals surface area contributed by atoms with E-state index in [4.69, 9.17) is 0 Å². The highest BCUT2D eigenvalue weighted by atomic mass is 32.1. The Morgan fingerprint density at radius 3 is 2.76 bits per heavy atom. The summed E-state index contributed by atoms with van der Waals surface area (Å²) in [6.45, 7) is 9.34. The van der Waals surface area contributed by atoms with Gasteiger partial charge in [0.1, 0.15) is 0 Å². The van der Waals surface area contributed by atoms with Crippen LogP contribution in [0.5, 0.6) is 0 Å². The zero-order valence-corrected chi connectivity index (χ0v) is 14.2. The van der Waals surface area contributed by atoms with Crippen molar-refractivity contribution < 1.29 is 9.90 Å². The molecule has 4 nitrogen and oxygen atoms in total. The molecule has 0 aromatic carbocycles. The molecule has 1 aromatic heterocycles. The van der Waals surface area contributed by atoms with E-state index in [1.165, 1.54) is 0 Å². The van der Waals surface area contributed by atoms with Gasteiger partial charge in [-0.25, -0.2) is 4.98 Å². The third kappa shape index (κ3) is 4.04. The van der Waals surface area contributed by atoms with E-state index in [2.05, 4.69) is 32.7 Å². The molecule has 5 heteroatoms. The van der Waals surface area contributed by atoms with Crippen LogP contribution in [0.25, 0.3) is 0 Å². The van der Waals surface area contributed by atoms with E-state index in [-0.39, 0.29) is 29.9 Å². The first kappa shape index (κ1) is 16.4.